The topological polar surface area (TPSA) is 92.5 Å². The van der Waals surface area contributed by atoms with Crippen LogP contribution in [0.25, 0.3) is 4.85 Å². The molecule has 0 bridgehead atoms. The number of carbonyl (C=O) groups excluding carboxylic acids is 2. The van der Waals surface area contributed by atoms with E-state index < -0.39 is 17.3 Å². The molecule has 2 saturated heterocycles. The van der Waals surface area contributed by atoms with Gasteiger partial charge in [0.05, 0.1) is 11.9 Å². The number of benzene rings is 1. The van der Waals surface area contributed by atoms with E-state index in [0.717, 1.165) is 12.8 Å². The van der Waals surface area contributed by atoms with Gasteiger partial charge in [-0.25, -0.2) is 30.6 Å². The van der Waals surface area contributed by atoms with Gasteiger partial charge in [-0.15, -0.1) is 0 Å². The number of anilines is 2. The number of amides is 2. The zero-order chi connectivity index (χ0) is 28.4. The third-order valence-corrected chi connectivity index (χ3v) is 6.89. The van der Waals surface area contributed by atoms with Gasteiger partial charge < -0.3 is 19.3 Å². The van der Waals surface area contributed by atoms with Gasteiger partial charge in [-0.1, -0.05) is 13.8 Å². The summed E-state index contributed by atoms with van der Waals surface area (Å²) in [5, 5.41) is 0. The van der Waals surface area contributed by atoms with E-state index in [1.165, 1.54) is 35.6 Å². The fourth-order valence-corrected chi connectivity index (χ4v) is 5.04. The molecule has 1 aromatic heterocycles. The average Bonchev–Trinajstić information content (AvgIpc) is 3.49. The molecule has 2 aliphatic rings. The van der Waals surface area contributed by atoms with Crippen LogP contribution in [0.15, 0.2) is 30.7 Å². The summed E-state index contributed by atoms with van der Waals surface area (Å²) in [6.45, 7) is 18.7. The van der Waals surface area contributed by atoms with Crippen LogP contribution in [0.5, 0.6) is 11.5 Å². The van der Waals surface area contributed by atoms with Gasteiger partial charge >= 0.3 is 6.09 Å². The van der Waals surface area contributed by atoms with E-state index in [2.05, 4.69) is 19.7 Å². The molecule has 39 heavy (non-hydrogen) atoms. The number of hydrogen-bond donors (Lipinski definition) is 0. The Labute approximate surface area is 228 Å². The first kappa shape index (κ1) is 28.1. The normalized spacial score (nSPS) is 18.9. The zero-order valence-electron chi connectivity index (χ0n) is 23.1. The van der Waals surface area contributed by atoms with Gasteiger partial charge in [-0.3, -0.25) is 9.64 Å². The molecule has 1 atom stereocenters. The molecule has 1 spiro atoms. The van der Waals surface area contributed by atoms with Crippen LogP contribution in [0.2, 0.25) is 0 Å². The number of likely N-dealkylation sites (tertiary alicyclic amines) is 1. The summed E-state index contributed by atoms with van der Waals surface area (Å²) in [5.41, 5.74) is -0.470. The molecule has 208 valence electrons. The number of carbonyl (C=O) groups is 2. The molecule has 2 aliphatic heterocycles. The van der Waals surface area contributed by atoms with Crippen LogP contribution in [0, 0.1) is 23.7 Å². The highest BCUT2D eigenvalue weighted by atomic mass is 19.1. The molecular weight excluding hydrogens is 503 g/mol. The Morgan fingerprint density at radius 2 is 1.95 bits per heavy atom. The van der Waals surface area contributed by atoms with Crippen molar-refractivity contribution in [2.75, 3.05) is 42.6 Å². The maximum Gasteiger partial charge on any atom is 0.410 e. The molecule has 4 rings (SSSR count). The van der Waals surface area contributed by atoms with E-state index in [1.807, 2.05) is 20.8 Å². The van der Waals surface area contributed by atoms with Crippen LogP contribution in [0.4, 0.5) is 20.7 Å². The third-order valence-electron chi connectivity index (χ3n) is 6.89. The van der Waals surface area contributed by atoms with Crippen LogP contribution in [-0.4, -0.2) is 65.3 Å². The van der Waals surface area contributed by atoms with Crippen molar-refractivity contribution in [1.29, 1.82) is 0 Å². The molecule has 0 radical (unpaired) electrons. The number of ether oxygens (including phenoxy) is 2. The second-order valence-corrected chi connectivity index (χ2v) is 11.5. The number of aromatic nitrogens is 2. The lowest BCUT2D eigenvalue weighted by molar-refractivity contribution is -0.121. The molecule has 10 nitrogen and oxygen atoms in total. The van der Waals surface area contributed by atoms with Crippen molar-refractivity contribution in [2.24, 2.45) is 11.3 Å². The minimum Gasteiger partial charge on any atom is -0.450 e. The van der Waals surface area contributed by atoms with Crippen molar-refractivity contribution < 1.29 is 23.5 Å². The lowest BCUT2D eigenvalue weighted by Gasteiger charge is -2.27. The summed E-state index contributed by atoms with van der Waals surface area (Å²) >= 11 is 0. The lowest BCUT2D eigenvalue weighted by Crippen LogP contribution is -2.37. The fourth-order valence-electron chi connectivity index (χ4n) is 5.04. The van der Waals surface area contributed by atoms with Crippen LogP contribution in [0.1, 0.15) is 47.5 Å². The standard InChI is InChI=1S/C28H35FN6O4/c1-19(2)25(36)35(18-30-6)21-13-20(29)7-8-22(21)38-23-14-31-17-32-24(23)33-11-9-28(15-33)10-12-34(16-28)26(37)39-27(3,4)5/h7-8,13-14,17,19H,9-12,15-16,18H2,1-5H3. The van der Waals surface area contributed by atoms with E-state index in [4.69, 9.17) is 16.0 Å². The Kier molecular flexibility index (Phi) is 7.95. The highest BCUT2D eigenvalue weighted by Crippen LogP contribution is 2.44. The van der Waals surface area contributed by atoms with Crippen molar-refractivity contribution in [3.05, 3.63) is 48.0 Å². The van der Waals surface area contributed by atoms with Gasteiger partial charge in [0.15, 0.2) is 17.3 Å². The van der Waals surface area contributed by atoms with Crippen molar-refractivity contribution in [2.45, 2.75) is 53.1 Å². The predicted molar refractivity (Wildman–Crippen MR) is 144 cm³/mol. The highest BCUT2D eigenvalue weighted by Gasteiger charge is 2.46. The smallest absolute Gasteiger partial charge is 0.410 e. The highest BCUT2D eigenvalue weighted by molar-refractivity contribution is 5.96. The summed E-state index contributed by atoms with van der Waals surface area (Å²) in [6.07, 6.45) is 4.40. The second-order valence-electron chi connectivity index (χ2n) is 11.5. The monoisotopic (exact) mass is 538 g/mol. The van der Waals surface area contributed by atoms with E-state index >= 15 is 0 Å². The maximum atomic E-state index is 14.3. The van der Waals surface area contributed by atoms with Gasteiger partial charge in [0.25, 0.3) is 6.67 Å². The van der Waals surface area contributed by atoms with Crippen molar-refractivity contribution in [3.63, 3.8) is 0 Å². The molecule has 0 saturated carbocycles. The van der Waals surface area contributed by atoms with Crippen molar-refractivity contribution in [3.8, 4) is 11.5 Å². The Hall–Kier alpha value is -3.94. The molecular formula is C28H35FN6O4. The quantitative estimate of drug-likeness (QED) is 0.472. The zero-order valence-corrected chi connectivity index (χ0v) is 23.1. The van der Waals surface area contributed by atoms with Crippen LogP contribution >= 0.6 is 0 Å². The molecule has 2 amide bonds. The van der Waals surface area contributed by atoms with E-state index in [9.17, 15) is 14.0 Å². The minimum atomic E-state index is -0.551. The third kappa shape index (κ3) is 6.38. The van der Waals surface area contributed by atoms with Gasteiger partial charge in [0.1, 0.15) is 17.7 Å². The molecule has 2 fully saturated rings. The number of nitrogens with zero attached hydrogens (tertiary/aromatic N) is 6. The van der Waals surface area contributed by atoms with Gasteiger partial charge in [0, 0.05) is 43.6 Å². The Morgan fingerprint density at radius 3 is 2.64 bits per heavy atom. The van der Waals surface area contributed by atoms with Crippen LogP contribution in [-0.2, 0) is 9.53 Å². The van der Waals surface area contributed by atoms with Gasteiger partial charge in [0.2, 0.25) is 5.91 Å². The molecule has 3 heterocycles. The summed E-state index contributed by atoms with van der Waals surface area (Å²) in [4.78, 5) is 42.6. The Balaban J connectivity index is 1.56. The van der Waals surface area contributed by atoms with Crippen LogP contribution < -0.4 is 14.5 Å². The molecule has 0 aliphatic carbocycles. The summed E-state index contributed by atoms with van der Waals surface area (Å²) < 4.78 is 26.1. The SMILES string of the molecule is [C-]#[N+]CN(C(=O)C(C)C)c1cc(F)ccc1Oc1cncnc1N1CCC2(CCN(C(=O)OC(C)(C)C)C2)C1. The number of hydrogen-bond acceptors (Lipinski definition) is 7. The maximum absolute atomic E-state index is 14.3. The summed E-state index contributed by atoms with van der Waals surface area (Å²) in [5.74, 6) is -0.125. The molecule has 2 aromatic rings. The van der Waals surface area contributed by atoms with Crippen molar-refractivity contribution in [1.82, 2.24) is 14.9 Å². The molecule has 1 aromatic carbocycles. The first-order valence-electron chi connectivity index (χ1n) is 13.1. The summed E-state index contributed by atoms with van der Waals surface area (Å²) in [6, 6.07) is 3.87. The lowest BCUT2D eigenvalue weighted by atomic mass is 9.86. The Morgan fingerprint density at radius 1 is 1.21 bits per heavy atom. The molecule has 0 N–H and O–H groups in total. The average molecular weight is 539 g/mol. The predicted octanol–water partition coefficient (Wildman–Crippen LogP) is 5.11. The molecule has 11 heteroatoms. The first-order chi connectivity index (χ1) is 18.4. The van der Waals surface area contributed by atoms with Gasteiger partial charge in [-0.2, -0.15) is 0 Å². The van der Waals surface area contributed by atoms with Crippen LogP contribution in [0.3, 0.4) is 0 Å². The molecule has 1 unspecified atom stereocenters. The van der Waals surface area contributed by atoms with E-state index in [-0.39, 0.29) is 35.5 Å². The largest absolute Gasteiger partial charge is 0.450 e. The fraction of sp³-hybridized carbons (Fsp3) is 0.536. The Bertz CT molecular complexity index is 1270. The first-order valence-corrected chi connectivity index (χ1v) is 13.1. The second kappa shape index (κ2) is 11.0. The van der Waals surface area contributed by atoms with Crippen molar-refractivity contribution >= 4 is 23.5 Å². The van der Waals surface area contributed by atoms with Gasteiger partial charge in [-0.05, 0) is 45.7 Å². The minimum absolute atomic E-state index is 0.0870. The van der Waals surface area contributed by atoms with E-state index in [0.29, 0.717) is 37.7 Å². The number of halogens is 1. The summed E-state index contributed by atoms with van der Waals surface area (Å²) in [7, 11) is 0. The van der Waals surface area contributed by atoms with E-state index in [1.54, 1.807) is 18.7 Å². The number of rotatable bonds is 6.